The highest BCUT2D eigenvalue weighted by atomic mass is 16.3. The predicted octanol–water partition coefficient (Wildman–Crippen LogP) is -0.764. The van der Waals surface area contributed by atoms with Gasteiger partial charge in [-0.3, -0.25) is 9.59 Å². The summed E-state index contributed by atoms with van der Waals surface area (Å²) in [5.74, 6) is -0.325. The van der Waals surface area contributed by atoms with Gasteiger partial charge in [0.1, 0.15) is 5.71 Å². The first-order valence-corrected chi connectivity index (χ1v) is 5.49. The van der Waals surface area contributed by atoms with E-state index in [0.717, 1.165) is 12.8 Å². The third-order valence-corrected chi connectivity index (χ3v) is 2.84. The first-order chi connectivity index (χ1) is 7.66. The van der Waals surface area contributed by atoms with Crippen LogP contribution in [0.1, 0.15) is 25.7 Å². The van der Waals surface area contributed by atoms with E-state index in [2.05, 4.69) is 10.5 Å². The number of hydrazone groups is 1. The van der Waals surface area contributed by atoms with Crippen LogP contribution in [-0.4, -0.2) is 46.7 Å². The Balaban J connectivity index is 1.99. The highest BCUT2D eigenvalue weighted by Crippen LogP contribution is 2.12. The second-order valence-electron chi connectivity index (χ2n) is 4.14. The molecule has 6 heteroatoms. The third kappa shape index (κ3) is 2.38. The Morgan fingerprint density at radius 3 is 2.94 bits per heavy atom. The van der Waals surface area contributed by atoms with E-state index in [0.29, 0.717) is 31.6 Å². The molecule has 1 atom stereocenters. The van der Waals surface area contributed by atoms with Gasteiger partial charge >= 0.3 is 0 Å². The van der Waals surface area contributed by atoms with Crippen molar-refractivity contribution in [2.75, 3.05) is 13.1 Å². The minimum Gasteiger partial charge on any atom is -0.391 e. The van der Waals surface area contributed by atoms with Gasteiger partial charge in [-0.05, 0) is 12.8 Å². The van der Waals surface area contributed by atoms with Crippen LogP contribution in [0.2, 0.25) is 0 Å². The SMILES string of the molecule is O=C1CCC(C(=O)N2CCCC(O)C2)=NN1. The lowest BCUT2D eigenvalue weighted by Gasteiger charge is -2.30. The first-order valence-electron chi connectivity index (χ1n) is 5.49. The Kier molecular flexibility index (Phi) is 3.19. The van der Waals surface area contributed by atoms with E-state index in [1.54, 1.807) is 4.90 Å². The minimum absolute atomic E-state index is 0.157. The average molecular weight is 225 g/mol. The van der Waals surface area contributed by atoms with Gasteiger partial charge in [-0.25, -0.2) is 5.43 Å². The molecular formula is C10H15N3O3. The Labute approximate surface area is 93.3 Å². The van der Waals surface area contributed by atoms with Crippen molar-refractivity contribution in [1.82, 2.24) is 10.3 Å². The zero-order chi connectivity index (χ0) is 11.5. The van der Waals surface area contributed by atoms with Crippen LogP contribution in [0.5, 0.6) is 0 Å². The number of aliphatic hydroxyl groups excluding tert-OH is 1. The standard InChI is InChI=1S/C10H15N3O3/c14-7-2-1-5-13(6-7)10(16)8-3-4-9(15)12-11-8/h7,14H,1-6H2,(H,12,15). The molecule has 2 aliphatic rings. The van der Waals surface area contributed by atoms with E-state index in [9.17, 15) is 14.7 Å². The Hall–Kier alpha value is -1.43. The molecule has 0 aromatic heterocycles. The number of aliphatic hydroxyl groups is 1. The predicted molar refractivity (Wildman–Crippen MR) is 56.6 cm³/mol. The van der Waals surface area contributed by atoms with Crippen molar-refractivity contribution in [1.29, 1.82) is 0 Å². The van der Waals surface area contributed by atoms with Crippen LogP contribution in [0.4, 0.5) is 0 Å². The lowest BCUT2D eigenvalue weighted by Crippen LogP contribution is -2.46. The van der Waals surface area contributed by atoms with Crippen molar-refractivity contribution >= 4 is 17.5 Å². The fourth-order valence-corrected chi connectivity index (χ4v) is 1.95. The van der Waals surface area contributed by atoms with Gasteiger partial charge in [0.15, 0.2) is 0 Å². The summed E-state index contributed by atoms with van der Waals surface area (Å²) in [6, 6.07) is 0. The van der Waals surface area contributed by atoms with Gasteiger partial charge in [0.05, 0.1) is 6.10 Å². The molecule has 0 aromatic rings. The van der Waals surface area contributed by atoms with Crippen molar-refractivity contribution in [3.8, 4) is 0 Å². The van der Waals surface area contributed by atoms with Crippen molar-refractivity contribution in [3.05, 3.63) is 0 Å². The smallest absolute Gasteiger partial charge is 0.270 e. The van der Waals surface area contributed by atoms with Crippen LogP contribution in [0.25, 0.3) is 0 Å². The number of β-amino-alcohol motifs (C(OH)–C–C–N with tert-alkyl or cyclic N) is 1. The molecule has 0 bridgehead atoms. The maximum atomic E-state index is 11.9. The molecule has 0 aromatic carbocycles. The summed E-state index contributed by atoms with van der Waals surface area (Å²) in [6.07, 6.45) is 1.81. The number of nitrogens with one attached hydrogen (secondary N) is 1. The van der Waals surface area contributed by atoms with Crippen LogP contribution in [0.15, 0.2) is 5.10 Å². The highest BCUT2D eigenvalue weighted by Gasteiger charge is 2.27. The lowest BCUT2D eigenvalue weighted by molar-refractivity contribution is -0.127. The second kappa shape index (κ2) is 4.61. The summed E-state index contributed by atoms with van der Waals surface area (Å²) in [5, 5.41) is 13.2. The molecule has 2 rings (SSSR count). The molecule has 0 aliphatic carbocycles. The number of rotatable bonds is 1. The number of amides is 2. The molecule has 1 unspecified atom stereocenters. The molecule has 2 aliphatic heterocycles. The number of piperidine rings is 1. The molecule has 6 nitrogen and oxygen atoms in total. The molecule has 0 radical (unpaired) electrons. The number of hydrogen-bond acceptors (Lipinski definition) is 4. The summed E-state index contributed by atoms with van der Waals surface area (Å²) < 4.78 is 0. The van der Waals surface area contributed by atoms with Gasteiger partial charge in [0.2, 0.25) is 5.91 Å². The van der Waals surface area contributed by atoms with E-state index >= 15 is 0 Å². The molecule has 0 saturated carbocycles. The van der Waals surface area contributed by atoms with Gasteiger partial charge in [0, 0.05) is 25.9 Å². The third-order valence-electron chi connectivity index (χ3n) is 2.84. The molecule has 2 amide bonds. The lowest BCUT2D eigenvalue weighted by atomic mass is 10.1. The second-order valence-corrected chi connectivity index (χ2v) is 4.14. The Morgan fingerprint density at radius 2 is 2.31 bits per heavy atom. The monoisotopic (exact) mass is 225 g/mol. The van der Waals surface area contributed by atoms with Gasteiger partial charge in [0.25, 0.3) is 5.91 Å². The van der Waals surface area contributed by atoms with Crippen LogP contribution < -0.4 is 5.43 Å². The minimum atomic E-state index is -0.434. The van der Waals surface area contributed by atoms with Crippen molar-refractivity contribution in [2.45, 2.75) is 31.8 Å². The van der Waals surface area contributed by atoms with Crippen molar-refractivity contribution in [3.63, 3.8) is 0 Å². The Bertz CT molecular complexity index is 340. The van der Waals surface area contributed by atoms with Gasteiger partial charge < -0.3 is 10.0 Å². The number of carbonyl (C=O) groups excluding carboxylic acids is 2. The van der Waals surface area contributed by atoms with E-state index in [-0.39, 0.29) is 11.8 Å². The zero-order valence-electron chi connectivity index (χ0n) is 8.98. The number of likely N-dealkylation sites (tertiary alicyclic amines) is 1. The van der Waals surface area contributed by atoms with Gasteiger partial charge in [-0.2, -0.15) is 5.10 Å². The van der Waals surface area contributed by atoms with Crippen LogP contribution in [-0.2, 0) is 9.59 Å². The van der Waals surface area contributed by atoms with E-state index in [4.69, 9.17) is 0 Å². The summed E-state index contributed by atoms with van der Waals surface area (Å²) >= 11 is 0. The van der Waals surface area contributed by atoms with Gasteiger partial charge in [-0.1, -0.05) is 0 Å². The molecular weight excluding hydrogens is 210 g/mol. The summed E-state index contributed by atoms with van der Waals surface area (Å²) in [7, 11) is 0. The molecule has 88 valence electrons. The molecule has 2 N–H and O–H groups in total. The van der Waals surface area contributed by atoms with E-state index in [1.165, 1.54) is 0 Å². The highest BCUT2D eigenvalue weighted by molar-refractivity contribution is 6.39. The van der Waals surface area contributed by atoms with Crippen LogP contribution in [0.3, 0.4) is 0 Å². The average Bonchev–Trinajstić information content (AvgIpc) is 2.29. The summed E-state index contributed by atoms with van der Waals surface area (Å²) in [6.45, 7) is 1.02. The van der Waals surface area contributed by atoms with Gasteiger partial charge in [-0.15, -0.1) is 0 Å². The summed E-state index contributed by atoms with van der Waals surface area (Å²) in [4.78, 5) is 24.4. The normalized spacial score (nSPS) is 26.1. The molecule has 1 fully saturated rings. The Morgan fingerprint density at radius 1 is 1.50 bits per heavy atom. The molecule has 2 heterocycles. The quantitative estimate of drug-likeness (QED) is 0.615. The fraction of sp³-hybridized carbons (Fsp3) is 0.700. The fourth-order valence-electron chi connectivity index (χ4n) is 1.95. The maximum absolute atomic E-state index is 11.9. The van der Waals surface area contributed by atoms with Crippen molar-refractivity contribution < 1.29 is 14.7 Å². The topological polar surface area (TPSA) is 82.0 Å². The zero-order valence-corrected chi connectivity index (χ0v) is 8.98. The van der Waals surface area contributed by atoms with Crippen molar-refractivity contribution in [2.24, 2.45) is 5.10 Å². The van der Waals surface area contributed by atoms with E-state index < -0.39 is 6.10 Å². The molecule has 16 heavy (non-hydrogen) atoms. The molecule has 0 spiro atoms. The van der Waals surface area contributed by atoms with E-state index in [1.807, 2.05) is 0 Å². The summed E-state index contributed by atoms with van der Waals surface area (Å²) in [5.41, 5.74) is 2.69. The number of carbonyl (C=O) groups is 2. The molecule has 1 saturated heterocycles. The maximum Gasteiger partial charge on any atom is 0.270 e. The van der Waals surface area contributed by atoms with Crippen LogP contribution >= 0.6 is 0 Å². The van der Waals surface area contributed by atoms with Crippen LogP contribution in [0, 0.1) is 0 Å². The number of nitrogens with zero attached hydrogens (tertiary/aromatic N) is 2. The largest absolute Gasteiger partial charge is 0.391 e. The number of hydrogen-bond donors (Lipinski definition) is 2. The first kappa shape index (κ1) is 11.1.